The van der Waals surface area contributed by atoms with E-state index in [1.165, 1.54) is 7.11 Å². The summed E-state index contributed by atoms with van der Waals surface area (Å²) in [6.07, 6.45) is 0.881. The number of aliphatic hydroxyl groups excluding tert-OH is 1. The summed E-state index contributed by atoms with van der Waals surface area (Å²) in [5.74, 6) is -0.165. The van der Waals surface area contributed by atoms with E-state index in [0.717, 1.165) is 0 Å². The van der Waals surface area contributed by atoms with Gasteiger partial charge in [0.25, 0.3) is 0 Å². The Morgan fingerprint density at radius 3 is 2.18 bits per heavy atom. The second kappa shape index (κ2) is 9.23. The lowest BCUT2D eigenvalue weighted by Crippen LogP contribution is -2.47. The molecule has 0 radical (unpaired) electrons. The molecule has 8 heteroatoms. The average Bonchev–Trinajstić information content (AvgIpc) is 2.51. The Morgan fingerprint density at radius 1 is 1.14 bits per heavy atom. The van der Waals surface area contributed by atoms with Crippen LogP contribution in [0.4, 0.5) is 4.79 Å². The van der Waals surface area contributed by atoms with E-state index in [1.54, 1.807) is 54.7 Å². The molecule has 0 saturated carbocycles. The number of amides is 1. The molecule has 1 aromatic heterocycles. The van der Waals surface area contributed by atoms with Crippen LogP contribution >= 0.6 is 0 Å². The lowest BCUT2D eigenvalue weighted by molar-refractivity contribution is -0.157. The number of carbonyl (C=O) groups is 2. The molecule has 0 fully saturated rings. The number of rotatable bonds is 6. The molecule has 0 aliphatic carbocycles. The minimum Gasteiger partial charge on any atom is -0.494 e. The minimum absolute atomic E-state index is 0.0632. The van der Waals surface area contributed by atoms with Crippen LogP contribution in [-0.4, -0.2) is 46.5 Å². The summed E-state index contributed by atoms with van der Waals surface area (Å²) in [5, 5.41) is 12.4. The number of methoxy groups -OCH3 is 1. The summed E-state index contributed by atoms with van der Waals surface area (Å²) in [4.78, 5) is 29.2. The van der Waals surface area contributed by atoms with Gasteiger partial charge in [0.1, 0.15) is 23.0 Å². The molecule has 1 atom stereocenters. The maximum Gasteiger partial charge on any atom is 0.408 e. The number of nitrogens with zero attached hydrogens (tertiary/aromatic N) is 1. The lowest BCUT2D eigenvalue weighted by atomic mass is 10.0. The minimum atomic E-state index is -1.02. The molecule has 158 valence electrons. The van der Waals surface area contributed by atoms with E-state index in [0.29, 0.717) is 22.6 Å². The molecule has 1 unspecified atom stereocenters. The van der Waals surface area contributed by atoms with Crippen molar-refractivity contribution in [2.45, 2.75) is 78.7 Å². The number of esters is 1. The van der Waals surface area contributed by atoms with Gasteiger partial charge in [0.2, 0.25) is 0 Å². The Kier molecular flexibility index (Phi) is 7.81. The van der Waals surface area contributed by atoms with Crippen molar-refractivity contribution < 1.29 is 28.9 Å². The highest BCUT2D eigenvalue weighted by molar-refractivity contribution is 5.82. The number of ether oxygens (including phenoxy) is 3. The van der Waals surface area contributed by atoms with E-state index in [2.05, 4.69) is 10.3 Å². The van der Waals surface area contributed by atoms with Gasteiger partial charge in [0.05, 0.1) is 19.4 Å². The van der Waals surface area contributed by atoms with Gasteiger partial charge < -0.3 is 24.6 Å². The van der Waals surface area contributed by atoms with Crippen LogP contribution in [-0.2, 0) is 27.3 Å². The first kappa shape index (κ1) is 23.7. The maximum atomic E-state index is 12.7. The summed E-state index contributed by atoms with van der Waals surface area (Å²) >= 11 is 0. The van der Waals surface area contributed by atoms with Gasteiger partial charge in [-0.1, -0.05) is 0 Å². The van der Waals surface area contributed by atoms with Crippen LogP contribution in [0.25, 0.3) is 0 Å². The molecule has 0 bridgehead atoms. The van der Waals surface area contributed by atoms with Crippen molar-refractivity contribution >= 4 is 12.1 Å². The molecule has 0 aliphatic heterocycles. The van der Waals surface area contributed by atoms with Crippen molar-refractivity contribution in [1.82, 2.24) is 10.3 Å². The summed E-state index contributed by atoms with van der Waals surface area (Å²) in [6.45, 7) is 11.9. The molecule has 8 nitrogen and oxygen atoms in total. The summed E-state index contributed by atoms with van der Waals surface area (Å²) in [7, 11) is 1.48. The fourth-order valence-electron chi connectivity index (χ4n) is 2.53. The monoisotopic (exact) mass is 396 g/mol. The Hall–Kier alpha value is -2.35. The van der Waals surface area contributed by atoms with Crippen LogP contribution in [0.3, 0.4) is 0 Å². The zero-order valence-electron chi connectivity index (χ0n) is 18.0. The van der Waals surface area contributed by atoms with Crippen molar-refractivity contribution in [3.8, 4) is 5.75 Å². The van der Waals surface area contributed by atoms with Gasteiger partial charge in [0.15, 0.2) is 0 Å². The third-order valence-electron chi connectivity index (χ3n) is 3.57. The summed E-state index contributed by atoms with van der Waals surface area (Å²) < 4.78 is 16.0. The van der Waals surface area contributed by atoms with Crippen molar-refractivity contribution in [1.29, 1.82) is 0 Å². The van der Waals surface area contributed by atoms with E-state index in [-0.39, 0.29) is 13.0 Å². The van der Waals surface area contributed by atoms with Crippen molar-refractivity contribution in [2.75, 3.05) is 7.11 Å². The van der Waals surface area contributed by atoms with E-state index in [4.69, 9.17) is 14.2 Å². The molecule has 1 amide bonds. The highest BCUT2D eigenvalue weighted by Gasteiger charge is 2.30. The molecule has 1 heterocycles. The third kappa shape index (κ3) is 7.34. The van der Waals surface area contributed by atoms with E-state index in [1.807, 2.05) is 0 Å². The van der Waals surface area contributed by atoms with Gasteiger partial charge in [-0.05, 0) is 54.0 Å². The largest absolute Gasteiger partial charge is 0.494 e. The molecular weight excluding hydrogens is 364 g/mol. The van der Waals surface area contributed by atoms with Crippen LogP contribution in [0.1, 0.15) is 58.4 Å². The van der Waals surface area contributed by atoms with Crippen LogP contribution in [0, 0.1) is 6.92 Å². The second-order valence-corrected chi connectivity index (χ2v) is 8.48. The first-order valence-corrected chi connectivity index (χ1v) is 9.12. The predicted octanol–water partition coefficient (Wildman–Crippen LogP) is 2.67. The van der Waals surface area contributed by atoms with Crippen molar-refractivity contribution in [3.63, 3.8) is 0 Å². The number of hydrogen-bond acceptors (Lipinski definition) is 7. The number of pyridine rings is 1. The Bertz CT molecular complexity index is 704. The van der Waals surface area contributed by atoms with Gasteiger partial charge >= 0.3 is 12.1 Å². The smallest absolute Gasteiger partial charge is 0.408 e. The number of aromatic nitrogens is 1. The highest BCUT2D eigenvalue weighted by Crippen LogP contribution is 2.26. The van der Waals surface area contributed by atoms with E-state index in [9.17, 15) is 14.7 Å². The fraction of sp³-hybridized carbons (Fsp3) is 0.650. The van der Waals surface area contributed by atoms with Crippen LogP contribution < -0.4 is 10.1 Å². The number of carbonyl (C=O) groups excluding carboxylic acids is 2. The first-order chi connectivity index (χ1) is 12.8. The second-order valence-electron chi connectivity index (χ2n) is 8.48. The van der Waals surface area contributed by atoms with E-state index >= 15 is 0 Å². The standard InChI is InChI=1S/C20H32N2O6/c1-12-16(26-8)14(11-23)13(10-21-12)9-15(17(24)27-19(2,3)4)22-18(25)28-20(5,6)7/h10,15,23H,9,11H2,1-8H3,(H,22,25). The van der Waals surface area contributed by atoms with Crippen LogP contribution in [0.2, 0.25) is 0 Å². The highest BCUT2D eigenvalue weighted by atomic mass is 16.6. The predicted molar refractivity (Wildman–Crippen MR) is 104 cm³/mol. The quantitative estimate of drug-likeness (QED) is 0.712. The normalized spacial score (nSPS) is 12.9. The topological polar surface area (TPSA) is 107 Å². The molecule has 28 heavy (non-hydrogen) atoms. The average molecular weight is 396 g/mol. The van der Waals surface area contributed by atoms with Gasteiger partial charge in [0, 0.05) is 18.2 Å². The van der Waals surface area contributed by atoms with Gasteiger partial charge in [-0.2, -0.15) is 0 Å². The van der Waals surface area contributed by atoms with Gasteiger partial charge in [-0.25, -0.2) is 9.59 Å². The number of nitrogens with one attached hydrogen (secondary N) is 1. The third-order valence-corrected chi connectivity index (χ3v) is 3.57. The Morgan fingerprint density at radius 2 is 1.71 bits per heavy atom. The maximum absolute atomic E-state index is 12.7. The molecule has 0 spiro atoms. The molecular formula is C20H32N2O6. The molecule has 0 saturated heterocycles. The fourth-order valence-corrected chi connectivity index (χ4v) is 2.53. The molecule has 0 aliphatic rings. The molecule has 1 aromatic rings. The van der Waals surface area contributed by atoms with Gasteiger partial charge in [-0.15, -0.1) is 0 Å². The van der Waals surface area contributed by atoms with Crippen molar-refractivity contribution in [3.05, 3.63) is 23.0 Å². The SMILES string of the molecule is COc1c(C)ncc(CC(NC(=O)OC(C)(C)C)C(=O)OC(C)(C)C)c1CO. The molecule has 2 N–H and O–H groups in total. The number of alkyl carbamates (subject to hydrolysis) is 1. The number of hydrogen-bond donors (Lipinski definition) is 2. The summed E-state index contributed by atoms with van der Waals surface area (Å²) in [5.41, 5.74) is 0.247. The zero-order valence-corrected chi connectivity index (χ0v) is 18.0. The first-order valence-electron chi connectivity index (χ1n) is 9.12. The molecule has 0 aromatic carbocycles. The number of aliphatic hydroxyl groups is 1. The summed E-state index contributed by atoms with van der Waals surface area (Å²) in [6, 6.07) is -1.02. The van der Waals surface area contributed by atoms with E-state index < -0.39 is 29.3 Å². The lowest BCUT2D eigenvalue weighted by Gasteiger charge is -2.26. The number of aryl methyl sites for hydroxylation is 1. The van der Waals surface area contributed by atoms with Gasteiger partial charge in [-0.3, -0.25) is 4.98 Å². The molecule has 1 rings (SSSR count). The Labute approximate surface area is 166 Å². The van der Waals surface area contributed by atoms with Crippen LogP contribution in [0.15, 0.2) is 6.20 Å². The van der Waals surface area contributed by atoms with Crippen LogP contribution in [0.5, 0.6) is 5.75 Å². The van der Waals surface area contributed by atoms with Crippen molar-refractivity contribution in [2.24, 2.45) is 0 Å². The Balaban J connectivity index is 3.19. The zero-order chi connectivity index (χ0) is 21.7.